The van der Waals surface area contributed by atoms with Crippen LogP contribution in [0.2, 0.25) is 5.15 Å². The minimum Gasteiger partial charge on any atom is -0.356 e. The van der Waals surface area contributed by atoms with Gasteiger partial charge in [-0.25, -0.2) is 4.98 Å². The van der Waals surface area contributed by atoms with Gasteiger partial charge < -0.3 is 5.32 Å². The summed E-state index contributed by atoms with van der Waals surface area (Å²) < 4.78 is 0. The number of rotatable bonds is 2. The zero-order valence-electron chi connectivity index (χ0n) is 6.93. The van der Waals surface area contributed by atoms with Crippen LogP contribution in [0.5, 0.6) is 0 Å². The molecule has 0 radical (unpaired) electrons. The molecule has 1 saturated carbocycles. The molecule has 0 aliphatic heterocycles. The first kappa shape index (κ1) is 8.32. The Balaban J connectivity index is 2.03. The monoisotopic (exact) mass is 202 g/mol. The Kier molecular flexibility index (Phi) is 2.00. The number of aromatic nitrogens is 1. The maximum absolute atomic E-state index is 5.71. The molecule has 0 saturated heterocycles. The second-order valence-corrected chi connectivity index (χ2v) is 4.76. The van der Waals surface area contributed by atoms with Crippen molar-refractivity contribution in [1.82, 2.24) is 4.98 Å². The Morgan fingerprint density at radius 3 is 2.83 bits per heavy atom. The van der Waals surface area contributed by atoms with Gasteiger partial charge in [0.15, 0.2) is 5.13 Å². The molecule has 0 spiro atoms. The molecule has 0 amide bonds. The van der Waals surface area contributed by atoms with Crippen LogP contribution in [0.15, 0.2) is 5.38 Å². The minimum atomic E-state index is 0.279. The van der Waals surface area contributed by atoms with Crippen molar-refractivity contribution >= 4 is 28.1 Å². The molecule has 0 bridgehead atoms. The van der Waals surface area contributed by atoms with Gasteiger partial charge in [0.25, 0.3) is 0 Å². The van der Waals surface area contributed by atoms with Crippen LogP contribution in [-0.2, 0) is 0 Å². The molecule has 1 N–H and O–H groups in total. The molecule has 1 heterocycles. The molecule has 1 aromatic heterocycles. The summed E-state index contributed by atoms with van der Waals surface area (Å²) >= 11 is 7.28. The Bertz CT molecular complexity index is 280. The summed E-state index contributed by atoms with van der Waals surface area (Å²) in [6.07, 6.45) is 3.80. The third kappa shape index (κ3) is 1.57. The molecule has 4 heteroatoms. The SMILES string of the molecule is CC1(Nc2nc(Cl)cs2)CCC1. The highest BCUT2D eigenvalue weighted by atomic mass is 35.5. The molecule has 1 aliphatic rings. The van der Waals surface area contributed by atoms with E-state index in [1.807, 2.05) is 5.38 Å². The zero-order valence-corrected chi connectivity index (χ0v) is 8.50. The number of thiazole rings is 1. The molecule has 66 valence electrons. The molecule has 0 atom stereocenters. The van der Waals surface area contributed by atoms with Crippen LogP contribution in [0.3, 0.4) is 0 Å². The number of nitrogens with one attached hydrogen (secondary N) is 1. The average molecular weight is 203 g/mol. The lowest BCUT2D eigenvalue weighted by molar-refractivity contribution is 0.306. The van der Waals surface area contributed by atoms with E-state index in [0.717, 1.165) is 5.13 Å². The van der Waals surface area contributed by atoms with Gasteiger partial charge in [-0.3, -0.25) is 0 Å². The maximum Gasteiger partial charge on any atom is 0.184 e. The summed E-state index contributed by atoms with van der Waals surface area (Å²) in [5.41, 5.74) is 0.279. The summed E-state index contributed by atoms with van der Waals surface area (Å²) in [4.78, 5) is 4.15. The summed E-state index contributed by atoms with van der Waals surface area (Å²) in [6, 6.07) is 0. The normalized spacial score (nSPS) is 20.2. The highest BCUT2D eigenvalue weighted by Crippen LogP contribution is 2.35. The minimum absolute atomic E-state index is 0.279. The van der Waals surface area contributed by atoms with Gasteiger partial charge in [0.1, 0.15) is 5.15 Å². The lowest BCUT2D eigenvalue weighted by Crippen LogP contribution is -2.41. The molecule has 2 rings (SSSR count). The van der Waals surface area contributed by atoms with E-state index in [1.165, 1.54) is 19.3 Å². The topological polar surface area (TPSA) is 24.9 Å². The number of hydrogen-bond donors (Lipinski definition) is 1. The molecule has 1 aliphatic carbocycles. The number of halogens is 1. The van der Waals surface area contributed by atoms with Gasteiger partial charge >= 0.3 is 0 Å². The van der Waals surface area contributed by atoms with Crippen LogP contribution in [0.1, 0.15) is 26.2 Å². The molecule has 12 heavy (non-hydrogen) atoms. The van der Waals surface area contributed by atoms with Gasteiger partial charge in [0.05, 0.1) is 0 Å². The smallest absolute Gasteiger partial charge is 0.184 e. The zero-order chi connectivity index (χ0) is 8.60. The van der Waals surface area contributed by atoms with Crippen molar-refractivity contribution in [2.24, 2.45) is 0 Å². The number of nitrogens with zero attached hydrogens (tertiary/aromatic N) is 1. The van der Waals surface area contributed by atoms with E-state index in [-0.39, 0.29) is 5.54 Å². The van der Waals surface area contributed by atoms with E-state index in [2.05, 4.69) is 17.2 Å². The molecule has 1 fully saturated rings. The molecule has 0 aromatic carbocycles. The average Bonchev–Trinajstić information content (AvgIpc) is 2.32. The highest BCUT2D eigenvalue weighted by molar-refractivity contribution is 7.14. The van der Waals surface area contributed by atoms with Crippen molar-refractivity contribution in [3.8, 4) is 0 Å². The van der Waals surface area contributed by atoms with Gasteiger partial charge in [-0.2, -0.15) is 0 Å². The Morgan fingerprint density at radius 2 is 2.42 bits per heavy atom. The van der Waals surface area contributed by atoms with Gasteiger partial charge in [0, 0.05) is 10.9 Å². The van der Waals surface area contributed by atoms with Crippen LogP contribution in [0, 0.1) is 0 Å². The predicted molar refractivity (Wildman–Crippen MR) is 53.0 cm³/mol. The summed E-state index contributed by atoms with van der Waals surface area (Å²) in [5.74, 6) is 0. The van der Waals surface area contributed by atoms with E-state index < -0.39 is 0 Å². The van der Waals surface area contributed by atoms with Gasteiger partial charge in [0.2, 0.25) is 0 Å². The number of anilines is 1. The fraction of sp³-hybridized carbons (Fsp3) is 0.625. The Labute approximate surface area is 81.0 Å². The van der Waals surface area contributed by atoms with Crippen LogP contribution in [-0.4, -0.2) is 10.5 Å². The van der Waals surface area contributed by atoms with Crippen LogP contribution in [0.4, 0.5) is 5.13 Å². The van der Waals surface area contributed by atoms with Crippen molar-refractivity contribution in [3.63, 3.8) is 0 Å². The van der Waals surface area contributed by atoms with Crippen LogP contribution >= 0.6 is 22.9 Å². The van der Waals surface area contributed by atoms with Crippen molar-refractivity contribution in [2.45, 2.75) is 31.7 Å². The quantitative estimate of drug-likeness (QED) is 0.797. The molecule has 2 nitrogen and oxygen atoms in total. The number of hydrogen-bond acceptors (Lipinski definition) is 3. The van der Waals surface area contributed by atoms with Crippen molar-refractivity contribution in [3.05, 3.63) is 10.5 Å². The van der Waals surface area contributed by atoms with E-state index in [9.17, 15) is 0 Å². The van der Waals surface area contributed by atoms with E-state index in [0.29, 0.717) is 5.15 Å². The second kappa shape index (κ2) is 2.89. The van der Waals surface area contributed by atoms with Crippen LogP contribution < -0.4 is 5.32 Å². The standard InChI is InChI=1S/C8H11ClN2S/c1-8(3-2-4-8)11-7-10-6(9)5-12-7/h5H,2-4H2,1H3,(H,10,11). The fourth-order valence-corrected chi connectivity index (χ4v) is 2.39. The van der Waals surface area contributed by atoms with Crippen molar-refractivity contribution in [1.29, 1.82) is 0 Å². The second-order valence-electron chi connectivity index (χ2n) is 3.51. The molecule has 0 unspecified atom stereocenters. The summed E-state index contributed by atoms with van der Waals surface area (Å²) in [7, 11) is 0. The molecular formula is C8H11ClN2S. The first-order chi connectivity index (χ1) is 5.68. The largest absolute Gasteiger partial charge is 0.356 e. The Hall–Kier alpha value is -0.280. The third-order valence-corrected chi connectivity index (χ3v) is 3.42. The summed E-state index contributed by atoms with van der Waals surface area (Å²) in [6.45, 7) is 2.23. The first-order valence-electron chi connectivity index (χ1n) is 4.07. The molecule has 1 aromatic rings. The maximum atomic E-state index is 5.71. The highest BCUT2D eigenvalue weighted by Gasteiger charge is 2.32. The van der Waals surface area contributed by atoms with Crippen molar-refractivity contribution in [2.75, 3.05) is 5.32 Å². The fourth-order valence-electron chi connectivity index (χ4n) is 1.40. The third-order valence-electron chi connectivity index (χ3n) is 2.34. The van der Waals surface area contributed by atoms with Crippen LogP contribution in [0.25, 0.3) is 0 Å². The molecular weight excluding hydrogens is 192 g/mol. The van der Waals surface area contributed by atoms with Gasteiger partial charge in [-0.1, -0.05) is 11.6 Å². The first-order valence-corrected chi connectivity index (χ1v) is 5.33. The summed E-state index contributed by atoms with van der Waals surface area (Å²) in [5, 5.41) is 6.79. The lowest BCUT2D eigenvalue weighted by Gasteiger charge is -2.38. The van der Waals surface area contributed by atoms with E-state index in [1.54, 1.807) is 11.3 Å². The van der Waals surface area contributed by atoms with Gasteiger partial charge in [-0.15, -0.1) is 11.3 Å². The van der Waals surface area contributed by atoms with E-state index in [4.69, 9.17) is 11.6 Å². The van der Waals surface area contributed by atoms with E-state index >= 15 is 0 Å². The van der Waals surface area contributed by atoms with Crippen molar-refractivity contribution < 1.29 is 0 Å². The predicted octanol–water partition coefficient (Wildman–Crippen LogP) is 3.15. The lowest BCUT2D eigenvalue weighted by atomic mass is 9.79. The Morgan fingerprint density at radius 1 is 1.67 bits per heavy atom. The van der Waals surface area contributed by atoms with Gasteiger partial charge in [-0.05, 0) is 26.2 Å².